The van der Waals surface area contributed by atoms with Crippen LogP contribution in [0, 0.1) is 0 Å². The molecular weight excluding hydrogens is 441 g/mol. The van der Waals surface area contributed by atoms with E-state index in [0.717, 1.165) is 19.4 Å². The van der Waals surface area contributed by atoms with Crippen LogP contribution in [0.5, 0.6) is 5.75 Å². The molecule has 0 aliphatic rings. The van der Waals surface area contributed by atoms with E-state index in [2.05, 4.69) is 10.6 Å². The number of hydrogen-bond acceptors (Lipinski definition) is 5. The Labute approximate surface area is 186 Å². The highest BCUT2D eigenvalue weighted by Gasteiger charge is 2.34. The summed E-state index contributed by atoms with van der Waals surface area (Å²) in [7, 11) is 1.48. The molecule has 0 saturated heterocycles. The second-order valence-corrected chi connectivity index (χ2v) is 7.26. The van der Waals surface area contributed by atoms with Crippen LogP contribution in [0.15, 0.2) is 45.6 Å². The Morgan fingerprint density at radius 3 is 2.42 bits per heavy atom. The molecule has 1 aromatic heterocycles. The molecule has 0 radical (unpaired) electrons. The maximum atomic E-state index is 13.5. The van der Waals surface area contributed by atoms with Gasteiger partial charge in [-0.05, 0) is 42.8 Å². The van der Waals surface area contributed by atoms with Gasteiger partial charge in [0, 0.05) is 23.6 Å². The lowest BCUT2D eigenvalue weighted by Gasteiger charge is -2.15. The number of carbonyl (C=O) groups excluding carboxylic acids is 2. The van der Waals surface area contributed by atoms with Crippen LogP contribution in [-0.2, 0) is 17.4 Å². The molecule has 0 aliphatic heterocycles. The summed E-state index contributed by atoms with van der Waals surface area (Å²) in [6.45, 7) is 3.09. The smallest absolute Gasteiger partial charge is 0.418 e. The number of anilines is 2. The van der Waals surface area contributed by atoms with Crippen molar-refractivity contribution in [3.05, 3.63) is 63.5 Å². The molecular formula is C23H21F3N2O5. The summed E-state index contributed by atoms with van der Waals surface area (Å²) in [4.78, 5) is 36.4. The average Bonchev–Trinajstić information content (AvgIpc) is 2.73. The summed E-state index contributed by atoms with van der Waals surface area (Å²) in [6.07, 6.45) is -3.52. The second kappa shape index (κ2) is 9.35. The molecule has 0 bridgehead atoms. The van der Waals surface area contributed by atoms with Crippen molar-refractivity contribution >= 4 is 34.2 Å². The number of hydrogen-bond donors (Lipinski definition) is 2. The van der Waals surface area contributed by atoms with Gasteiger partial charge in [0.1, 0.15) is 16.9 Å². The van der Waals surface area contributed by atoms with Gasteiger partial charge in [-0.2, -0.15) is 13.2 Å². The SMILES string of the molecule is CCCc1c(OC)ccc2cc(C(=O)Nc3ccc(NC(C)=O)cc3C(F)(F)F)c(=O)oc12. The fraction of sp³-hybridized carbons (Fsp3) is 0.261. The number of fused-ring (bicyclic) bond motifs is 1. The molecule has 1 heterocycles. The summed E-state index contributed by atoms with van der Waals surface area (Å²) in [6, 6.07) is 7.43. The summed E-state index contributed by atoms with van der Waals surface area (Å²) >= 11 is 0. The highest BCUT2D eigenvalue weighted by Crippen LogP contribution is 2.37. The summed E-state index contributed by atoms with van der Waals surface area (Å²) < 4.78 is 51.3. The van der Waals surface area contributed by atoms with Crippen molar-refractivity contribution in [2.75, 3.05) is 17.7 Å². The van der Waals surface area contributed by atoms with Gasteiger partial charge in [0.2, 0.25) is 5.91 Å². The molecule has 10 heteroatoms. The molecule has 3 aromatic rings. The lowest BCUT2D eigenvalue weighted by molar-refractivity contribution is -0.137. The number of halogens is 3. The molecule has 7 nitrogen and oxygen atoms in total. The third kappa shape index (κ3) is 5.16. The topological polar surface area (TPSA) is 97.6 Å². The van der Waals surface area contributed by atoms with E-state index in [9.17, 15) is 27.6 Å². The van der Waals surface area contributed by atoms with Crippen molar-refractivity contribution in [2.45, 2.75) is 32.9 Å². The molecule has 2 aromatic carbocycles. The molecule has 0 fully saturated rings. The Morgan fingerprint density at radius 1 is 1.09 bits per heavy atom. The maximum absolute atomic E-state index is 13.5. The first-order valence-electron chi connectivity index (χ1n) is 9.99. The zero-order chi connectivity index (χ0) is 24.3. The van der Waals surface area contributed by atoms with E-state index in [0.29, 0.717) is 29.2 Å². The number of ether oxygens (including phenoxy) is 1. The molecule has 2 N–H and O–H groups in total. The number of methoxy groups -OCH3 is 1. The summed E-state index contributed by atoms with van der Waals surface area (Å²) in [5.74, 6) is -1.08. The van der Waals surface area contributed by atoms with Gasteiger partial charge in [0.15, 0.2) is 0 Å². The van der Waals surface area contributed by atoms with Crippen LogP contribution in [0.3, 0.4) is 0 Å². The Hall–Kier alpha value is -3.82. The van der Waals surface area contributed by atoms with Crippen molar-refractivity contribution in [2.24, 2.45) is 0 Å². The van der Waals surface area contributed by atoms with Gasteiger partial charge >= 0.3 is 11.8 Å². The number of carbonyl (C=O) groups is 2. The number of alkyl halides is 3. The Bertz CT molecular complexity index is 1280. The predicted octanol–water partition coefficient (Wildman–Crippen LogP) is 4.98. The third-order valence-electron chi connectivity index (χ3n) is 4.82. The first-order valence-corrected chi connectivity index (χ1v) is 9.99. The van der Waals surface area contributed by atoms with Crippen molar-refractivity contribution in [1.29, 1.82) is 0 Å². The van der Waals surface area contributed by atoms with Crippen molar-refractivity contribution in [3.63, 3.8) is 0 Å². The van der Waals surface area contributed by atoms with E-state index in [-0.39, 0.29) is 11.3 Å². The quantitative estimate of drug-likeness (QED) is 0.504. The van der Waals surface area contributed by atoms with Gasteiger partial charge < -0.3 is 19.8 Å². The van der Waals surface area contributed by atoms with Crippen LogP contribution in [0.1, 0.15) is 41.8 Å². The minimum atomic E-state index is -4.82. The van der Waals surface area contributed by atoms with Crippen LogP contribution in [0.2, 0.25) is 0 Å². The monoisotopic (exact) mass is 462 g/mol. The average molecular weight is 462 g/mol. The number of benzene rings is 2. The van der Waals surface area contributed by atoms with Crippen molar-refractivity contribution in [1.82, 2.24) is 0 Å². The molecule has 0 saturated carbocycles. The molecule has 3 rings (SSSR count). The molecule has 0 spiro atoms. The van der Waals surface area contributed by atoms with Crippen LogP contribution in [-0.4, -0.2) is 18.9 Å². The van der Waals surface area contributed by atoms with Crippen molar-refractivity contribution < 1.29 is 31.9 Å². The first-order chi connectivity index (χ1) is 15.5. The van der Waals surface area contributed by atoms with Gasteiger partial charge in [0.25, 0.3) is 5.91 Å². The highest BCUT2D eigenvalue weighted by molar-refractivity contribution is 6.06. The van der Waals surface area contributed by atoms with Crippen LogP contribution < -0.4 is 21.0 Å². The van der Waals surface area contributed by atoms with E-state index < -0.39 is 40.4 Å². The fourth-order valence-electron chi connectivity index (χ4n) is 3.42. The minimum absolute atomic E-state index is 0.0876. The third-order valence-corrected chi connectivity index (χ3v) is 4.82. The highest BCUT2D eigenvalue weighted by atomic mass is 19.4. The number of nitrogens with one attached hydrogen (secondary N) is 2. The van der Waals surface area contributed by atoms with E-state index >= 15 is 0 Å². The zero-order valence-electron chi connectivity index (χ0n) is 18.1. The van der Waals surface area contributed by atoms with Gasteiger partial charge in [-0.1, -0.05) is 13.3 Å². The standard InChI is InChI=1S/C23H21F3N2O5/c1-4-5-15-19(32-3)9-6-13-10-16(22(31)33-20(13)15)21(30)28-18-8-7-14(27-12(2)29)11-17(18)23(24,25)26/h6-11H,4-5H2,1-3H3,(H,27,29)(H,28,30). The molecule has 0 aliphatic carbocycles. The van der Waals surface area contributed by atoms with Gasteiger partial charge in [-0.3, -0.25) is 9.59 Å². The fourth-order valence-corrected chi connectivity index (χ4v) is 3.42. The van der Waals surface area contributed by atoms with Crippen LogP contribution in [0.4, 0.5) is 24.5 Å². The molecule has 0 unspecified atom stereocenters. The number of aryl methyl sites for hydroxylation is 1. The van der Waals surface area contributed by atoms with E-state index in [1.807, 2.05) is 6.92 Å². The zero-order valence-corrected chi connectivity index (χ0v) is 18.1. The van der Waals surface area contributed by atoms with E-state index in [1.165, 1.54) is 19.2 Å². The normalized spacial score (nSPS) is 11.3. The summed E-state index contributed by atoms with van der Waals surface area (Å²) in [5.41, 5.74) is -2.36. The van der Waals surface area contributed by atoms with E-state index in [1.54, 1.807) is 12.1 Å². The maximum Gasteiger partial charge on any atom is 0.418 e. The van der Waals surface area contributed by atoms with Gasteiger partial charge in [-0.15, -0.1) is 0 Å². The van der Waals surface area contributed by atoms with E-state index in [4.69, 9.17) is 9.15 Å². The molecule has 33 heavy (non-hydrogen) atoms. The predicted molar refractivity (Wildman–Crippen MR) is 117 cm³/mol. The number of amides is 2. The largest absolute Gasteiger partial charge is 0.496 e. The molecule has 0 atom stereocenters. The van der Waals surface area contributed by atoms with Gasteiger partial charge in [0.05, 0.1) is 18.4 Å². The first kappa shape index (κ1) is 23.8. The summed E-state index contributed by atoms with van der Waals surface area (Å²) in [5, 5.41) is 4.81. The Morgan fingerprint density at radius 2 is 1.82 bits per heavy atom. The van der Waals surface area contributed by atoms with Gasteiger partial charge in [-0.25, -0.2) is 4.79 Å². The Kier molecular flexibility index (Phi) is 6.75. The number of rotatable bonds is 6. The lowest BCUT2D eigenvalue weighted by Crippen LogP contribution is -2.23. The van der Waals surface area contributed by atoms with Crippen molar-refractivity contribution in [3.8, 4) is 5.75 Å². The van der Waals surface area contributed by atoms with Crippen LogP contribution >= 0.6 is 0 Å². The lowest BCUT2D eigenvalue weighted by atomic mass is 10.0. The second-order valence-electron chi connectivity index (χ2n) is 7.26. The Balaban J connectivity index is 2.02. The molecule has 2 amide bonds. The minimum Gasteiger partial charge on any atom is -0.496 e. The molecule has 174 valence electrons. The van der Waals surface area contributed by atoms with Crippen LogP contribution in [0.25, 0.3) is 11.0 Å².